The Labute approximate surface area is 172 Å². The SMILES string of the molecule is CN(C)[C@@H](CNC(=O)CCn1c(=O)oc2cc(Cl)ccc21)c1ccccc1Cl. The van der Waals surface area contributed by atoms with E-state index in [1.54, 1.807) is 18.2 Å². The highest BCUT2D eigenvalue weighted by Crippen LogP contribution is 2.25. The molecule has 0 aliphatic rings. The second-order valence-corrected chi connectivity index (χ2v) is 7.53. The minimum absolute atomic E-state index is 0.0581. The number of carbonyl (C=O) groups excluding carboxylic acids is 1. The minimum atomic E-state index is -0.507. The molecule has 8 heteroatoms. The summed E-state index contributed by atoms with van der Waals surface area (Å²) in [5.74, 6) is -0.665. The largest absolute Gasteiger partial charge is 0.419 e. The Bertz CT molecular complexity index is 1040. The van der Waals surface area contributed by atoms with E-state index in [1.807, 2.05) is 43.3 Å². The van der Waals surface area contributed by atoms with Crippen LogP contribution in [0.1, 0.15) is 18.0 Å². The molecule has 3 aromatic rings. The van der Waals surface area contributed by atoms with E-state index < -0.39 is 5.76 Å². The summed E-state index contributed by atoms with van der Waals surface area (Å²) in [4.78, 5) is 26.4. The van der Waals surface area contributed by atoms with E-state index in [0.29, 0.717) is 27.7 Å². The average molecular weight is 422 g/mol. The van der Waals surface area contributed by atoms with Gasteiger partial charge in [0, 0.05) is 35.6 Å². The van der Waals surface area contributed by atoms with Crippen molar-refractivity contribution in [1.29, 1.82) is 0 Å². The number of halogens is 2. The Balaban J connectivity index is 1.64. The van der Waals surface area contributed by atoms with E-state index in [2.05, 4.69) is 5.32 Å². The number of hydrogen-bond acceptors (Lipinski definition) is 4. The number of fused-ring (bicyclic) bond motifs is 1. The predicted molar refractivity (Wildman–Crippen MR) is 111 cm³/mol. The van der Waals surface area contributed by atoms with Gasteiger partial charge in [0.1, 0.15) is 0 Å². The van der Waals surface area contributed by atoms with E-state index in [-0.39, 0.29) is 24.9 Å². The highest BCUT2D eigenvalue weighted by Gasteiger charge is 2.18. The Morgan fingerprint density at radius 1 is 1.21 bits per heavy atom. The van der Waals surface area contributed by atoms with Crippen LogP contribution in [0.5, 0.6) is 0 Å². The van der Waals surface area contributed by atoms with Crippen LogP contribution < -0.4 is 11.1 Å². The number of benzene rings is 2. The molecule has 3 rings (SSSR count). The van der Waals surface area contributed by atoms with Gasteiger partial charge in [-0.3, -0.25) is 9.36 Å². The van der Waals surface area contributed by atoms with Gasteiger partial charge in [-0.25, -0.2) is 4.79 Å². The molecule has 0 aliphatic heterocycles. The molecule has 2 aromatic carbocycles. The van der Waals surface area contributed by atoms with Gasteiger partial charge < -0.3 is 14.6 Å². The summed E-state index contributed by atoms with van der Waals surface area (Å²) in [6.45, 7) is 0.629. The van der Waals surface area contributed by atoms with Crippen molar-refractivity contribution in [3.63, 3.8) is 0 Å². The third-order valence-corrected chi connectivity index (χ3v) is 5.15. The lowest BCUT2D eigenvalue weighted by molar-refractivity contribution is -0.121. The van der Waals surface area contributed by atoms with Crippen molar-refractivity contribution in [3.05, 3.63) is 68.6 Å². The smallest absolute Gasteiger partial charge is 0.408 e. The second kappa shape index (κ2) is 8.82. The Morgan fingerprint density at radius 3 is 2.68 bits per heavy atom. The van der Waals surface area contributed by atoms with Crippen LogP contribution >= 0.6 is 23.2 Å². The third kappa shape index (κ3) is 4.58. The maximum atomic E-state index is 12.4. The fourth-order valence-electron chi connectivity index (χ4n) is 3.08. The molecule has 0 saturated heterocycles. The third-order valence-electron chi connectivity index (χ3n) is 4.57. The van der Waals surface area contributed by atoms with Crippen LogP contribution in [0.25, 0.3) is 11.1 Å². The van der Waals surface area contributed by atoms with Crippen LogP contribution in [0, 0.1) is 0 Å². The zero-order valence-corrected chi connectivity index (χ0v) is 17.1. The quantitative estimate of drug-likeness (QED) is 0.631. The summed E-state index contributed by atoms with van der Waals surface area (Å²) in [7, 11) is 3.87. The molecule has 1 N–H and O–H groups in total. The molecule has 0 spiro atoms. The van der Waals surface area contributed by atoms with E-state index in [4.69, 9.17) is 27.6 Å². The molecule has 1 aromatic heterocycles. The Kier molecular flexibility index (Phi) is 6.44. The number of aromatic nitrogens is 1. The zero-order chi connectivity index (χ0) is 20.3. The minimum Gasteiger partial charge on any atom is -0.408 e. The second-order valence-electron chi connectivity index (χ2n) is 6.69. The highest BCUT2D eigenvalue weighted by atomic mass is 35.5. The maximum absolute atomic E-state index is 12.4. The lowest BCUT2D eigenvalue weighted by atomic mass is 10.1. The van der Waals surface area contributed by atoms with E-state index in [1.165, 1.54) is 4.57 Å². The van der Waals surface area contributed by atoms with Gasteiger partial charge in [0.15, 0.2) is 5.58 Å². The van der Waals surface area contributed by atoms with Crippen molar-refractivity contribution in [1.82, 2.24) is 14.8 Å². The number of nitrogens with one attached hydrogen (secondary N) is 1. The molecule has 6 nitrogen and oxygen atoms in total. The summed E-state index contributed by atoms with van der Waals surface area (Å²) >= 11 is 12.2. The van der Waals surface area contributed by atoms with Crippen LogP contribution in [0.2, 0.25) is 10.0 Å². The summed E-state index contributed by atoms with van der Waals surface area (Å²) in [6.07, 6.45) is 0.153. The number of aryl methyl sites for hydroxylation is 1. The van der Waals surface area contributed by atoms with Crippen LogP contribution in [0.3, 0.4) is 0 Å². The standard InChI is InChI=1S/C20H21Cl2N3O3/c1-24(2)17(14-5-3-4-6-15(14)22)12-23-19(26)9-10-25-16-8-7-13(21)11-18(16)28-20(25)27/h3-8,11,17H,9-10,12H2,1-2H3,(H,23,26)/t17-/m0/s1. The van der Waals surface area contributed by atoms with Crippen molar-refractivity contribution in [2.24, 2.45) is 0 Å². The number of likely N-dealkylation sites (N-methyl/N-ethyl adjacent to an activating group) is 1. The lowest BCUT2D eigenvalue weighted by Crippen LogP contribution is -2.35. The van der Waals surface area contributed by atoms with Gasteiger partial charge in [-0.2, -0.15) is 0 Å². The number of nitrogens with zero attached hydrogens (tertiary/aromatic N) is 2. The molecule has 0 fully saturated rings. The molecule has 1 heterocycles. The fourth-order valence-corrected chi connectivity index (χ4v) is 3.50. The van der Waals surface area contributed by atoms with Crippen LogP contribution in [-0.4, -0.2) is 36.0 Å². The Morgan fingerprint density at radius 2 is 1.96 bits per heavy atom. The van der Waals surface area contributed by atoms with E-state index in [9.17, 15) is 9.59 Å². The molecule has 28 heavy (non-hydrogen) atoms. The van der Waals surface area contributed by atoms with Gasteiger partial charge >= 0.3 is 5.76 Å². The fraction of sp³-hybridized carbons (Fsp3) is 0.300. The van der Waals surface area contributed by atoms with Crippen molar-refractivity contribution in [2.75, 3.05) is 20.6 Å². The van der Waals surface area contributed by atoms with Crippen molar-refractivity contribution in [3.8, 4) is 0 Å². The molecule has 1 amide bonds. The molecule has 0 radical (unpaired) electrons. The molecule has 0 aliphatic carbocycles. The van der Waals surface area contributed by atoms with Gasteiger partial charge in [0.25, 0.3) is 0 Å². The van der Waals surface area contributed by atoms with Gasteiger partial charge in [-0.05, 0) is 37.9 Å². The first-order valence-corrected chi connectivity index (χ1v) is 9.59. The lowest BCUT2D eigenvalue weighted by Gasteiger charge is -2.26. The molecule has 0 bridgehead atoms. The molecule has 1 atom stereocenters. The number of carbonyl (C=O) groups is 1. The van der Waals surface area contributed by atoms with Crippen LogP contribution in [-0.2, 0) is 11.3 Å². The van der Waals surface area contributed by atoms with Crippen LogP contribution in [0.4, 0.5) is 0 Å². The topological polar surface area (TPSA) is 67.5 Å². The van der Waals surface area contributed by atoms with Gasteiger partial charge in [-0.1, -0.05) is 41.4 Å². The molecular weight excluding hydrogens is 401 g/mol. The van der Waals surface area contributed by atoms with Crippen LogP contribution in [0.15, 0.2) is 51.7 Å². The first-order chi connectivity index (χ1) is 13.4. The molecule has 0 saturated carbocycles. The van der Waals surface area contributed by atoms with Crippen molar-refractivity contribution >= 4 is 40.2 Å². The highest BCUT2D eigenvalue weighted by molar-refractivity contribution is 6.31. The first kappa shape index (κ1) is 20.5. The monoisotopic (exact) mass is 421 g/mol. The van der Waals surface area contributed by atoms with Gasteiger partial charge in [0.05, 0.1) is 11.6 Å². The normalized spacial score (nSPS) is 12.5. The summed E-state index contributed by atoms with van der Waals surface area (Å²) in [5.41, 5.74) is 1.97. The summed E-state index contributed by atoms with van der Waals surface area (Å²) in [5, 5.41) is 4.07. The van der Waals surface area contributed by atoms with E-state index in [0.717, 1.165) is 5.56 Å². The average Bonchev–Trinajstić information content (AvgIpc) is 2.95. The summed E-state index contributed by atoms with van der Waals surface area (Å²) < 4.78 is 6.62. The zero-order valence-electron chi connectivity index (χ0n) is 15.6. The first-order valence-electron chi connectivity index (χ1n) is 8.83. The molecule has 148 valence electrons. The van der Waals surface area contributed by atoms with Crippen molar-refractivity contribution < 1.29 is 9.21 Å². The number of amides is 1. The Hall–Kier alpha value is -2.28. The van der Waals surface area contributed by atoms with Gasteiger partial charge in [-0.15, -0.1) is 0 Å². The van der Waals surface area contributed by atoms with Crippen molar-refractivity contribution in [2.45, 2.75) is 19.0 Å². The predicted octanol–water partition coefficient (Wildman–Crippen LogP) is 3.71. The van der Waals surface area contributed by atoms with Gasteiger partial charge in [0.2, 0.25) is 5.91 Å². The maximum Gasteiger partial charge on any atom is 0.419 e. The summed E-state index contributed by atoms with van der Waals surface area (Å²) in [6, 6.07) is 12.5. The number of rotatable bonds is 7. The van der Waals surface area contributed by atoms with E-state index >= 15 is 0 Å². The molecular formula is C20H21Cl2N3O3. The molecule has 0 unspecified atom stereocenters. The number of hydrogen-bond donors (Lipinski definition) is 1. The number of oxazole rings is 1.